The molecule has 0 amide bonds. The fourth-order valence-electron chi connectivity index (χ4n) is 1.93. The fourth-order valence-corrected chi connectivity index (χ4v) is 3.23. The predicted octanol–water partition coefficient (Wildman–Crippen LogP) is 3.87. The summed E-state index contributed by atoms with van der Waals surface area (Å²) in [5, 5.41) is 20.1. The van der Waals surface area contributed by atoms with Crippen LogP contribution in [-0.2, 0) is 4.79 Å². The normalized spacial score (nSPS) is 13.6. The molecule has 0 bridgehead atoms. The molecular formula is C16H15ClO3S. The Morgan fingerprint density at radius 2 is 1.71 bits per heavy atom. The van der Waals surface area contributed by atoms with Crippen molar-refractivity contribution >= 4 is 29.3 Å². The van der Waals surface area contributed by atoms with Crippen LogP contribution in [0.1, 0.15) is 11.7 Å². The number of aliphatic hydroxyl groups is 1. The molecule has 0 radical (unpaired) electrons. The van der Waals surface area contributed by atoms with Gasteiger partial charge in [0.1, 0.15) is 0 Å². The summed E-state index contributed by atoms with van der Waals surface area (Å²) in [6.45, 7) is 0. The van der Waals surface area contributed by atoms with Crippen LogP contribution in [0.2, 0.25) is 5.02 Å². The van der Waals surface area contributed by atoms with Crippen molar-refractivity contribution in [3.05, 3.63) is 65.2 Å². The maximum Gasteiger partial charge on any atom is 0.310 e. The van der Waals surface area contributed by atoms with Gasteiger partial charge in [-0.25, -0.2) is 0 Å². The fraction of sp³-hybridized carbons (Fsp3) is 0.188. The number of halogens is 1. The van der Waals surface area contributed by atoms with E-state index in [4.69, 9.17) is 11.6 Å². The van der Waals surface area contributed by atoms with Gasteiger partial charge in [-0.15, -0.1) is 11.8 Å². The molecule has 0 fully saturated rings. The second kappa shape index (κ2) is 7.50. The van der Waals surface area contributed by atoms with Crippen LogP contribution < -0.4 is 0 Å². The van der Waals surface area contributed by atoms with Crippen LogP contribution in [0, 0.1) is 5.92 Å². The number of aliphatic hydroxyl groups excluding tert-OH is 1. The lowest BCUT2D eigenvalue weighted by atomic mass is 9.97. The second-order valence-electron chi connectivity index (χ2n) is 4.54. The van der Waals surface area contributed by atoms with Crippen molar-refractivity contribution in [1.82, 2.24) is 0 Å². The maximum absolute atomic E-state index is 11.4. The Labute approximate surface area is 132 Å². The predicted molar refractivity (Wildman–Crippen MR) is 84.7 cm³/mol. The van der Waals surface area contributed by atoms with Gasteiger partial charge in [0.05, 0.1) is 12.0 Å². The van der Waals surface area contributed by atoms with Gasteiger partial charge in [-0.1, -0.05) is 48.0 Å². The van der Waals surface area contributed by atoms with E-state index in [-0.39, 0.29) is 5.75 Å². The molecule has 0 aliphatic carbocycles. The molecule has 110 valence electrons. The van der Waals surface area contributed by atoms with Crippen LogP contribution >= 0.6 is 23.4 Å². The molecule has 2 atom stereocenters. The standard InChI is InChI=1S/C16H15ClO3S/c17-14-9-5-4-8-12(14)15(18)13(16(19)20)10-21-11-6-2-1-3-7-11/h1-9,13,15,18H,10H2,(H,19,20). The van der Waals surface area contributed by atoms with Gasteiger partial charge in [0.15, 0.2) is 0 Å². The van der Waals surface area contributed by atoms with Gasteiger partial charge in [0.25, 0.3) is 0 Å². The Bertz CT molecular complexity index is 603. The van der Waals surface area contributed by atoms with Crippen LogP contribution in [0.5, 0.6) is 0 Å². The zero-order valence-corrected chi connectivity index (χ0v) is 12.7. The molecule has 0 saturated carbocycles. The number of carboxylic acids is 1. The first-order chi connectivity index (χ1) is 10.1. The average Bonchev–Trinajstić information content (AvgIpc) is 2.48. The van der Waals surface area contributed by atoms with E-state index in [0.29, 0.717) is 10.6 Å². The van der Waals surface area contributed by atoms with Gasteiger partial charge in [0.2, 0.25) is 0 Å². The van der Waals surface area contributed by atoms with Crippen LogP contribution in [0.3, 0.4) is 0 Å². The van der Waals surface area contributed by atoms with E-state index < -0.39 is 18.0 Å². The first kappa shape index (κ1) is 15.9. The van der Waals surface area contributed by atoms with E-state index in [2.05, 4.69) is 0 Å². The molecule has 0 spiro atoms. The van der Waals surface area contributed by atoms with Crippen molar-refractivity contribution in [2.75, 3.05) is 5.75 Å². The molecule has 0 saturated heterocycles. The quantitative estimate of drug-likeness (QED) is 0.793. The van der Waals surface area contributed by atoms with Gasteiger partial charge < -0.3 is 10.2 Å². The Kier molecular flexibility index (Phi) is 5.67. The average molecular weight is 323 g/mol. The summed E-state index contributed by atoms with van der Waals surface area (Å²) in [7, 11) is 0. The first-order valence-electron chi connectivity index (χ1n) is 6.42. The molecule has 3 nitrogen and oxygen atoms in total. The molecule has 0 heterocycles. The Hall–Kier alpha value is -1.49. The van der Waals surface area contributed by atoms with Gasteiger partial charge in [-0.3, -0.25) is 4.79 Å². The van der Waals surface area contributed by atoms with Crippen molar-refractivity contribution < 1.29 is 15.0 Å². The van der Waals surface area contributed by atoms with Gasteiger partial charge >= 0.3 is 5.97 Å². The monoisotopic (exact) mass is 322 g/mol. The number of hydrogen-bond acceptors (Lipinski definition) is 3. The Morgan fingerprint density at radius 1 is 1.10 bits per heavy atom. The molecule has 2 unspecified atom stereocenters. The number of hydrogen-bond donors (Lipinski definition) is 2. The van der Waals surface area contributed by atoms with E-state index in [9.17, 15) is 15.0 Å². The molecular weight excluding hydrogens is 308 g/mol. The largest absolute Gasteiger partial charge is 0.481 e. The minimum Gasteiger partial charge on any atom is -0.481 e. The maximum atomic E-state index is 11.4. The van der Waals surface area contributed by atoms with Crippen molar-refractivity contribution in [2.45, 2.75) is 11.0 Å². The molecule has 21 heavy (non-hydrogen) atoms. The summed E-state index contributed by atoms with van der Waals surface area (Å²) in [6.07, 6.45) is -1.13. The van der Waals surface area contributed by atoms with Gasteiger partial charge in [-0.2, -0.15) is 0 Å². The second-order valence-corrected chi connectivity index (χ2v) is 6.04. The topological polar surface area (TPSA) is 57.5 Å². The lowest BCUT2D eigenvalue weighted by molar-refractivity contribution is -0.144. The summed E-state index contributed by atoms with van der Waals surface area (Å²) in [5.41, 5.74) is 0.445. The van der Waals surface area contributed by atoms with Crippen LogP contribution in [-0.4, -0.2) is 21.9 Å². The molecule has 2 aromatic carbocycles. The number of benzene rings is 2. The van der Waals surface area contributed by atoms with Gasteiger partial charge in [-0.05, 0) is 23.8 Å². The van der Waals surface area contributed by atoms with E-state index in [1.807, 2.05) is 30.3 Å². The highest BCUT2D eigenvalue weighted by Gasteiger charge is 2.29. The zero-order valence-electron chi connectivity index (χ0n) is 11.1. The number of rotatable bonds is 6. The summed E-state index contributed by atoms with van der Waals surface area (Å²) in [4.78, 5) is 12.4. The highest BCUT2D eigenvalue weighted by molar-refractivity contribution is 7.99. The Morgan fingerprint density at radius 3 is 2.33 bits per heavy atom. The zero-order chi connectivity index (χ0) is 15.2. The molecule has 2 aromatic rings. The van der Waals surface area contributed by atoms with Crippen LogP contribution in [0.15, 0.2) is 59.5 Å². The summed E-state index contributed by atoms with van der Waals surface area (Å²) >= 11 is 7.43. The smallest absolute Gasteiger partial charge is 0.310 e. The number of thioether (sulfide) groups is 1. The first-order valence-corrected chi connectivity index (χ1v) is 7.79. The van der Waals surface area contributed by atoms with E-state index in [1.54, 1.807) is 24.3 Å². The number of aliphatic carboxylic acids is 1. The van der Waals surface area contributed by atoms with Crippen molar-refractivity contribution in [3.8, 4) is 0 Å². The number of carboxylic acid groups (broad SMARTS) is 1. The Balaban J connectivity index is 2.12. The third kappa shape index (κ3) is 4.24. The summed E-state index contributed by atoms with van der Waals surface area (Å²) < 4.78 is 0. The van der Waals surface area contributed by atoms with E-state index in [1.165, 1.54) is 11.8 Å². The van der Waals surface area contributed by atoms with Crippen molar-refractivity contribution in [2.24, 2.45) is 5.92 Å². The van der Waals surface area contributed by atoms with E-state index >= 15 is 0 Å². The molecule has 5 heteroatoms. The summed E-state index contributed by atoms with van der Waals surface area (Å²) in [6, 6.07) is 16.3. The molecule has 2 rings (SSSR count). The molecule has 0 aromatic heterocycles. The highest BCUT2D eigenvalue weighted by Crippen LogP contribution is 2.32. The minimum atomic E-state index is -1.13. The lowest BCUT2D eigenvalue weighted by Gasteiger charge is -2.20. The molecule has 0 aliphatic rings. The van der Waals surface area contributed by atoms with Crippen LogP contribution in [0.4, 0.5) is 0 Å². The van der Waals surface area contributed by atoms with Crippen molar-refractivity contribution in [3.63, 3.8) is 0 Å². The molecule has 0 aliphatic heterocycles. The van der Waals surface area contributed by atoms with Gasteiger partial charge in [0, 0.05) is 15.7 Å². The minimum absolute atomic E-state index is 0.270. The lowest BCUT2D eigenvalue weighted by Crippen LogP contribution is -2.24. The SMILES string of the molecule is O=C(O)C(CSc1ccccc1)C(O)c1ccccc1Cl. The van der Waals surface area contributed by atoms with E-state index in [0.717, 1.165) is 4.90 Å². The van der Waals surface area contributed by atoms with Crippen LogP contribution in [0.25, 0.3) is 0 Å². The third-order valence-corrected chi connectivity index (χ3v) is 4.57. The highest BCUT2D eigenvalue weighted by atomic mass is 35.5. The number of carbonyl (C=O) groups is 1. The molecule has 2 N–H and O–H groups in total. The summed E-state index contributed by atoms with van der Waals surface area (Å²) in [5.74, 6) is -1.69. The third-order valence-electron chi connectivity index (χ3n) is 3.09. The van der Waals surface area contributed by atoms with Crippen molar-refractivity contribution in [1.29, 1.82) is 0 Å².